The van der Waals surface area contributed by atoms with Crippen LogP contribution in [0.25, 0.3) is 10.8 Å². The molecule has 2 aliphatic rings. The number of esters is 2. The summed E-state index contributed by atoms with van der Waals surface area (Å²) in [6.45, 7) is 8.34. The third-order valence-corrected chi connectivity index (χ3v) is 7.63. The van der Waals surface area contributed by atoms with E-state index in [1.165, 1.54) is 36.9 Å². The van der Waals surface area contributed by atoms with Gasteiger partial charge in [0.2, 0.25) is 0 Å². The highest BCUT2D eigenvalue weighted by molar-refractivity contribution is 5.97. The Labute approximate surface area is 256 Å². The normalized spacial score (nSPS) is 13.3. The molecule has 1 spiro atoms. The Balaban J connectivity index is 0.000000177. The van der Waals surface area contributed by atoms with E-state index in [4.69, 9.17) is 14.2 Å². The van der Waals surface area contributed by atoms with E-state index in [-0.39, 0.29) is 17.5 Å². The fourth-order valence-electron chi connectivity index (χ4n) is 5.52. The molecule has 0 unspecified atom stereocenters. The van der Waals surface area contributed by atoms with Gasteiger partial charge in [-0.15, -0.1) is 0 Å². The Bertz CT molecular complexity index is 1820. The lowest BCUT2D eigenvalue weighted by molar-refractivity contribution is 0.0224. The molecule has 7 heteroatoms. The Morgan fingerprint density at radius 1 is 0.750 bits per heavy atom. The molecular formula is C37H34O7. The molecule has 0 saturated heterocycles. The van der Waals surface area contributed by atoms with Crippen molar-refractivity contribution >= 4 is 22.7 Å². The molecule has 44 heavy (non-hydrogen) atoms. The van der Waals surface area contributed by atoms with Crippen molar-refractivity contribution in [3.63, 3.8) is 0 Å². The van der Waals surface area contributed by atoms with Crippen LogP contribution in [0.1, 0.15) is 76.6 Å². The zero-order chi connectivity index (χ0) is 31.6. The largest absolute Gasteiger partial charge is 0.508 e. The Morgan fingerprint density at radius 3 is 1.95 bits per heavy atom. The van der Waals surface area contributed by atoms with Gasteiger partial charge < -0.3 is 24.4 Å². The number of phenolic OH excluding ortho intramolecular Hbond substituents is 2. The van der Waals surface area contributed by atoms with Crippen molar-refractivity contribution in [2.75, 3.05) is 7.11 Å². The van der Waals surface area contributed by atoms with Crippen molar-refractivity contribution < 1.29 is 34.0 Å². The first-order valence-electron chi connectivity index (χ1n) is 14.5. The first-order chi connectivity index (χ1) is 21.2. The summed E-state index contributed by atoms with van der Waals surface area (Å²) in [7, 11) is 1.40. The minimum absolute atomic E-state index is 0.0371. The highest BCUT2D eigenvalue weighted by Gasteiger charge is 2.53. The average Bonchev–Trinajstić information content (AvgIpc) is 3.33. The molecule has 7 rings (SSSR count). The first-order valence-corrected chi connectivity index (χ1v) is 14.5. The van der Waals surface area contributed by atoms with Crippen LogP contribution in [-0.4, -0.2) is 29.3 Å². The highest BCUT2D eigenvalue weighted by atomic mass is 16.6. The van der Waals surface area contributed by atoms with E-state index in [2.05, 4.69) is 32.0 Å². The molecule has 0 amide bonds. The van der Waals surface area contributed by atoms with Gasteiger partial charge in [-0.05, 0) is 64.7 Å². The molecule has 0 saturated carbocycles. The monoisotopic (exact) mass is 590 g/mol. The minimum Gasteiger partial charge on any atom is -0.508 e. The molecule has 5 aromatic carbocycles. The zero-order valence-electron chi connectivity index (χ0n) is 25.3. The standard InChI is InChI=1S/C20H12O5.C15H16O2.C2H6/c21-11-5-7-15-17(9-11)24-18-10-12(22)6-8-16(18)20(15)14-4-2-1-3-13(14)19(23)25-20;1-10(2)11-4-5-13-9-14(15(16)17-3)7-6-12(13)8-11;1-2/h1-10,21-22H;4-10H,1-3H3;1-2H3. The summed E-state index contributed by atoms with van der Waals surface area (Å²) < 4.78 is 16.5. The van der Waals surface area contributed by atoms with Crippen LogP contribution in [0, 0.1) is 0 Å². The second kappa shape index (κ2) is 12.1. The Hall–Kier alpha value is -5.30. The Morgan fingerprint density at radius 2 is 1.34 bits per heavy atom. The molecule has 0 bridgehead atoms. The molecular weight excluding hydrogens is 556 g/mol. The van der Waals surface area contributed by atoms with Crippen molar-refractivity contribution in [3.05, 3.63) is 130 Å². The molecule has 0 atom stereocenters. The maximum atomic E-state index is 12.5. The lowest BCUT2D eigenvalue weighted by atomic mass is 9.77. The van der Waals surface area contributed by atoms with Gasteiger partial charge >= 0.3 is 11.9 Å². The van der Waals surface area contributed by atoms with Crippen LogP contribution in [0.4, 0.5) is 0 Å². The second-order valence-corrected chi connectivity index (χ2v) is 10.5. The fourth-order valence-corrected chi connectivity index (χ4v) is 5.52. The van der Waals surface area contributed by atoms with Crippen molar-refractivity contribution in [1.29, 1.82) is 0 Å². The molecule has 0 aromatic heterocycles. The second-order valence-electron chi connectivity index (χ2n) is 10.5. The number of rotatable bonds is 2. The number of hydrogen-bond acceptors (Lipinski definition) is 7. The molecule has 2 N–H and O–H groups in total. The number of carbonyl (C=O) groups excluding carboxylic acids is 2. The SMILES string of the molecule is CC.COC(=O)c1ccc2cc(C(C)C)ccc2c1.O=C1OC2(c3ccc(O)cc3Oc3cc(O)ccc32)c2ccccc21. The van der Waals surface area contributed by atoms with Crippen LogP contribution < -0.4 is 4.74 Å². The highest BCUT2D eigenvalue weighted by Crippen LogP contribution is 2.56. The summed E-state index contributed by atoms with van der Waals surface area (Å²) >= 11 is 0. The summed E-state index contributed by atoms with van der Waals surface area (Å²) in [6.07, 6.45) is 0. The molecule has 0 radical (unpaired) electrons. The number of methoxy groups -OCH3 is 1. The number of hydrogen-bond donors (Lipinski definition) is 2. The predicted molar refractivity (Wildman–Crippen MR) is 169 cm³/mol. The zero-order valence-corrected chi connectivity index (χ0v) is 25.3. The average molecular weight is 591 g/mol. The number of benzene rings is 5. The topological polar surface area (TPSA) is 102 Å². The third-order valence-electron chi connectivity index (χ3n) is 7.63. The van der Waals surface area contributed by atoms with Gasteiger partial charge in [0.15, 0.2) is 5.60 Å². The summed E-state index contributed by atoms with van der Waals surface area (Å²) in [5, 5.41) is 21.9. The molecule has 2 heterocycles. The van der Waals surface area contributed by atoms with Gasteiger partial charge in [-0.2, -0.15) is 0 Å². The quantitative estimate of drug-likeness (QED) is 0.199. The Kier molecular flexibility index (Phi) is 8.32. The van der Waals surface area contributed by atoms with Gasteiger partial charge in [-0.25, -0.2) is 9.59 Å². The van der Waals surface area contributed by atoms with Crippen molar-refractivity contribution in [1.82, 2.24) is 0 Å². The predicted octanol–water partition coefficient (Wildman–Crippen LogP) is 8.44. The van der Waals surface area contributed by atoms with Crippen LogP contribution >= 0.6 is 0 Å². The van der Waals surface area contributed by atoms with Gasteiger partial charge in [0.25, 0.3) is 0 Å². The van der Waals surface area contributed by atoms with E-state index in [9.17, 15) is 19.8 Å². The first kappa shape index (κ1) is 30.2. The van der Waals surface area contributed by atoms with Crippen molar-refractivity contribution in [3.8, 4) is 23.0 Å². The lowest BCUT2D eigenvalue weighted by Crippen LogP contribution is -2.32. The summed E-state index contributed by atoms with van der Waals surface area (Å²) in [4.78, 5) is 23.9. The molecule has 7 nitrogen and oxygen atoms in total. The van der Waals surface area contributed by atoms with Gasteiger partial charge in [-0.3, -0.25) is 0 Å². The maximum Gasteiger partial charge on any atom is 0.340 e. The van der Waals surface area contributed by atoms with Gasteiger partial charge in [0, 0.05) is 28.8 Å². The van der Waals surface area contributed by atoms with Crippen LogP contribution in [0.15, 0.2) is 97.1 Å². The number of phenols is 2. The molecule has 0 aliphatic carbocycles. The van der Waals surface area contributed by atoms with E-state index in [0.29, 0.717) is 45.2 Å². The molecule has 2 aliphatic heterocycles. The lowest BCUT2D eigenvalue weighted by Gasteiger charge is -2.36. The minimum atomic E-state index is -1.17. The van der Waals surface area contributed by atoms with Crippen LogP contribution in [-0.2, 0) is 15.1 Å². The number of aromatic hydroxyl groups is 2. The van der Waals surface area contributed by atoms with Crippen LogP contribution in [0.3, 0.4) is 0 Å². The molecule has 224 valence electrons. The maximum absolute atomic E-state index is 12.5. The van der Waals surface area contributed by atoms with Gasteiger partial charge in [0.05, 0.1) is 18.2 Å². The third kappa shape index (κ3) is 5.22. The van der Waals surface area contributed by atoms with Crippen LogP contribution in [0.5, 0.6) is 23.0 Å². The van der Waals surface area contributed by atoms with Gasteiger partial charge in [-0.1, -0.05) is 70.2 Å². The van der Waals surface area contributed by atoms with Gasteiger partial charge in [0.1, 0.15) is 23.0 Å². The van der Waals surface area contributed by atoms with E-state index in [1.54, 1.807) is 30.3 Å². The van der Waals surface area contributed by atoms with E-state index >= 15 is 0 Å². The number of carbonyl (C=O) groups is 2. The van der Waals surface area contributed by atoms with E-state index < -0.39 is 11.6 Å². The smallest absolute Gasteiger partial charge is 0.340 e. The number of fused-ring (bicyclic) bond motifs is 7. The van der Waals surface area contributed by atoms with Crippen molar-refractivity contribution in [2.24, 2.45) is 0 Å². The molecule has 0 fully saturated rings. The summed E-state index contributed by atoms with van der Waals surface area (Å²) in [5.41, 5.74) is 3.19. The van der Waals surface area contributed by atoms with Crippen molar-refractivity contribution in [2.45, 2.75) is 39.2 Å². The van der Waals surface area contributed by atoms with Crippen LogP contribution in [0.2, 0.25) is 0 Å². The number of ether oxygens (including phenoxy) is 3. The fraction of sp³-hybridized carbons (Fsp3) is 0.189. The molecule has 5 aromatic rings. The summed E-state index contributed by atoms with van der Waals surface area (Å²) in [6, 6.07) is 28.5. The van der Waals surface area contributed by atoms with E-state index in [1.807, 2.05) is 38.1 Å². The van der Waals surface area contributed by atoms with E-state index in [0.717, 1.165) is 10.8 Å². The summed E-state index contributed by atoms with van der Waals surface area (Å²) in [5.74, 6) is 0.630.